The largest absolute Gasteiger partial charge is 0.322 e. The quantitative estimate of drug-likeness (QED) is 0.714. The fraction of sp³-hybridized carbons (Fsp3) is 0.400. The molecule has 0 saturated carbocycles. The molecule has 0 aliphatic rings. The van der Waals surface area contributed by atoms with Crippen LogP contribution in [-0.4, -0.2) is 0 Å². The summed E-state index contributed by atoms with van der Waals surface area (Å²) in [5, 5.41) is 0. The van der Waals surface area contributed by atoms with Gasteiger partial charge in [-0.15, -0.1) is 0 Å². The first kappa shape index (κ1) is 10.1. The Hall–Kier alpha value is -0.960. The minimum absolute atomic E-state index is 0.286. The molecule has 13 heavy (non-hydrogen) atoms. The predicted molar refractivity (Wildman–Crippen MR) is 48.3 cm³/mol. The Labute approximate surface area is 76.6 Å². The van der Waals surface area contributed by atoms with Crippen molar-refractivity contribution in [2.75, 3.05) is 0 Å². The number of hydrogen-bond acceptors (Lipinski definition) is 1. The molecule has 3 heteroatoms. The molecule has 0 saturated heterocycles. The Morgan fingerprint density at radius 3 is 2.15 bits per heavy atom. The molecular formula is C10H13F2N. The van der Waals surface area contributed by atoms with Gasteiger partial charge in [0.15, 0.2) is 11.6 Å². The molecule has 1 aromatic rings. The van der Waals surface area contributed by atoms with Crippen molar-refractivity contribution in [1.82, 2.24) is 0 Å². The molecule has 0 aliphatic carbocycles. The molecule has 0 aromatic heterocycles. The summed E-state index contributed by atoms with van der Waals surface area (Å²) in [5.41, 5.74) is 6.00. The number of nitrogens with two attached hydrogens (primary N) is 1. The number of benzene rings is 1. The molecule has 1 nitrogen and oxygen atoms in total. The van der Waals surface area contributed by atoms with E-state index in [0.717, 1.165) is 6.07 Å². The van der Waals surface area contributed by atoms with Gasteiger partial charge in [0.2, 0.25) is 0 Å². The van der Waals surface area contributed by atoms with E-state index in [1.807, 2.05) is 0 Å². The zero-order chi connectivity index (χ0) is 10.2. The van der Waals surface area contributed by atoms with Crippen molar-refractivity contribution in [3.05, 3.63) is 34.9 Å². The maximum atomic E-state index is 12.9. The van der Waals surface area contributed by atoms with E-state index in [1.54, 1.807) is 19.9 Å². The van der Waals surface area contributed by atoms with Crippen LogP contribution in [0.15, 0.2) is 12.1 Å². The number of hydrogen-bond donors (Lipinski definition) is 1. The minimum Gasteiger partial charge on any atom is -0.322 e. The van der Waals surface area contributed by atoms with Crippen molar-refractivity contribution in [3.8, 4) is 0 Å². The maximum Gasteiger partial charge on any atom is 0.161 e. The van der Waals surface area contributed by atoms with Crippen LogP contribution in [0.1, 0.15) is 25.0 Å². The van der Waals surface area contributed by atoms with Crippen LogP contribution in [0.5, 0.6) is 0 Å². The molecule has 0 radical (unpaired) electrons. The van der Waals surface area contributed by atoms with Gasteiger partial charge in [0, 0.05) is 5.54 Å². The second-order valence-corrected chi connectivity index (χ2v) is 3.81. The van der Waals surface area contributed by atoms with Crippen LogP contribution in [0.25, 0.3) is 0 Å². The standard InChI is InChI=1S/C10H13F2N/c1-6-4-7(10(2,3)13)5-8(11)9(6)12/h4-5H,13H2,1-3H3. The van der Waals surface area contributed by atoms with Crippen LogP contribution in [0.4, 0.5) is 8.78 Å². The minimum atomic E-state index is -0.839. The number of aryl methyl sites for hydroxylation is 1. The fourth-order valence-electron chi connectivity index (χ4n) is 1.10. The fourth-order valence-corrected chi connectivity index (χ4v) is 1.10. The summed E-state index contributed by atoms with van der Waals surface area (Å²) >= 11 is 0. The van der Waals surface area contributed by atoms with Crippen molar-refractivity contribution >= 4 is 0 Å². The summed E-state index contributed by atoms with van der Waals surface area (Å²) in [6.45, 7) is 5.02. The van der Waals surface area contributed by atoms with E-state index in [4.69, 9.17) is 5.73 Å². The molecular weight excluding hydrogens is 172 g/mol. The first-order chi connectivity index (χ1) is 5.82. The zero-order valence-electron chi connectivity index (χ0n) is 7.99. The van der Waals surface area contributed by atoms with Crippen molar-refractivity contribution in [2.45, 2.75) is 26.3 Å². The molecule has 0 bridgehead atoms. The zero-order valence-corrected chi connectivity index (χ0v) is 7.99. The van der Waals surface area contributed by atoms with Gasteiger partial charge in [-0.25, -0.2) is 8.78 Å². The van der Waals surface area contributed by atoms with Gasteiger partial charge in [0.05, 0.1) is 0 Å². The Morgan fingerprint density at radius 1 is 1.23 bits per heavy atom. The van der Waals surface area contributed by atoms with Crippen molar-refractivity contribution in [1.29, 1.82) is 0 Å². The molecule has 2 N–H and O–H groups in total. The lowest BCUT2D eigenvalue weighted by molar-refractivity contribution is 0.489. The highest BCUT2D eigenvalue weighted by Gasteiger charge is 2.17. The van der Waals surface area contributed by atoms with E-state index < -0.39 is 17.2 Å². The summed E-state index contributed by atoms with van der Waals surface area (Å²) in [6, 6.07) is 2.71. The van der Waals surface area contributed by atoms with Crippen LogP contribution in [0.3, 0.4) is 0 Å². The Kier molecular flexibility index (Phi) is 2.39. The Bertz CT molecular complexity index is 303. The second-order valence-electron chi connectivity index (χ2n) is 3.81. The lowest BCUT2D eigenvalue weighted by atomic mass is 9.94. The Balaban J connectivity index is 3.29. The van der Waals surface area contributed by atoms with Gasteiger partial charge in [-0.3, -0.25) is 0 Å². The molecule has 1 rings (SSSR count). The number of halogens is 2. The van der Waals surface area contributed by atoms with Gasteiger partial charge in [0.1, 0.15) is 0 Å². The average Bonchev–Trinajstić information content (AvgIpc) is 1.97. The molecule has 72 valence electrons. The highest BCUT2D eigenvalue weighted by Crippen LogP contribution is 2.21. The lowest BCUT2D eigenvalue weighted by Crippen LogP contribution is -2.29. The first-order valence-corrected chi connectivity index (χ1v) is 4.07. The predicted octanol–water partition coefficient (Wildman–Crippen LogP) is 2.47. The summed E-state index contributed by atoms with van der Waals surface area (Å²) in [6.07, 6.45) is 0. The summed E-state index contributed by atoms with van der Waals surface area (Å²) in [5.74, 6) is -1.64. The van der Waals surface area contributed by atoms with Crippen LogP contribution in [0.2, 0.25) is 0 Å². The van der Waals surface area contributed by atoms with Gasteiger partial charge in [-0.2, -0.15) is 0 Å². The smallest absolute Gasteiger partial charge is 0.161 e. The molecule has 0 atom stereocenters. The van der Waals surface area contributed by atoms with Crippen molar-refractivity contribution < 1.29 is 8.78 Å². The highest BCUT2D eigenvalue weighted by atomic mass is 19.2. The lowest BCUT2D eigenvalue weighted by Gasteiger charge is -2.19. The van der Waals surface area contributed by atoms with Crippen molar-refractivity contribution in [3.63, 3.8) is 0 Å². The van der Waals surface area contributed by atoms with Gasteiger partial charge < -0.3 is 5.73 Å². The van der Waals surface area contributed by atoms with Crippen LogP contribution in [-0.2, 0) is 5.54 Å². The third-order valence-corrected chi connectivity index (χ3v) is 1.95. The molecule has 0 aliphatic heterocycles. The van der Waals surface area contributed by atoms with E-state index in [1.165, 1.54) is 6.92 Å². The van der Waals surface area contributed by atoms with E-state index in [9.17, 15) is 8.78 Å². The van der Waals surface area contributed by atoms with Crippen LogP contribution in [0, 0.1) is 18.6 Å². The Morgan fingerprint density at radius 2 is 1.77 bits per heavy atom. The normalized spacial score (nSPS) is 11.8. The summed E-state index contributed by atoms with van der Waals surface area (Å²) < 4.78 is 25.8. The maximum absolute atomic E-state index is 12.9. The van der Waals surface area contributed by atoms with E-state index in [-0.39, 0.29) is 5.56 Å². The van der Waals surface area contributed by atoms with Gasteiger partial charge >= 0.3 is 0 Å². The molecule has 0 fully saturated rings. The van der Waals surface area contributed by atoms with Crippen molar-refractivity contribution in [2.24, 2.45) is 5.73 Å². The van der Waals surface area contributed by atoms with E-state index >= 15 is 0 Å². The first-order valence-electron chi connectivity index (χ1n) is 4.07. The monoisotopic (exact) mass is 185 g/mol. The topological polar surface area (TPSA) is 26.0 Å². The van der Waals surface area contributed by atoms with E-state index in [2.05, 4.69) is 0 Å². The van der Waals surface area contributed by atoms with Crippen LogP contribution >= 0.6 is 0 Å². The molecule has 0 heterocycles. The van der Waals surface area contributed by atoms with Gasteiger partial charge in [0.25, 0.3) is 0 Å². The molecule has 0 amide bonds. The molecule has 0 unspecified atom stereocenters. The third-order valence-electron chi connectivity index (χ3n) is 1.95. The molecule has 0 spiro atoms. The van der Waals surface area contributed by atoms with Gasteiger partial charge in [-0.05, 0) is 38.0 Å². The summed E-state index contributed by atoms with van der Waals surface area (Å²) in [7, 11) is 0. The third kappa shape index (κ3) is 2.04. The average molecular weight is 185 g/mol. The molecule has 1 aromatic carbocycles. The van der Waals surface area contributed by atoms with Crippen LogP contribution < -0.4 is 5.73 Å². The second kappa shape index (κ2) is 3.07. The number of rotatable bonds is 1. The highest BCUT2D eigenvalue weighted by molar-refractivity contribution is 5.29. The van der Waals surface area contributed by atoms with E-state index in [0.29, 0.717) is 5.56 Å². The van der Waals surface area contributed by atoms with Gasteiger partial charge in [-0.1, -0.05) is 6.07 Å². The summed E-state index contributed by atoms with van der Waals surface area (Å²) in [4.78, 5) is 0. The SMILES string of the molecule is Cc1cc(C(C)(C)N)cc(F)c1F.